The fraction of sp³-hybridized carbons (Fsp3) is 0.348. The molecule has 3 N–H and O–H groups in total. The first-order chi connectivity index (χ1) is 14.8. The lowest BCUT2D eigenvalue weighted by atomic mass is 9.81. The van der Waals surface area contributed by atoms with Crippen molar-refractivity contribution in [2.24, 2.45) is 11.7 Å². The molecule has 0 saturated heterocycles. The Hall–Kier alpha value is -3.29. The van der Waals surface area contributed by atoms with Gasteiger partial charge < -0.3 is 15.5 Å². The molecular formula is C23H25F2N3O3. The van der Waals surface area contributed by atoms with Crippen LogP contribution in [-0.4, -0.2) is 23.0 Å². The molecule has 1 aliphatic rings. The Balaban J connectivity index is 0.000000229. The summed E-state index contributed by atoms with van der Waals surface area (Å²) in [6, 6.07) is 7.11. The molecule has 0 radical (unpaired) electrons. The third-order valence-electron chi connectivity index (χ3n) is 5.59. The quantitative estimate of drug-likeness (QED) is 0.649. The number of pyridine rings is 2. The summed E-state index contributed by atoms with van der Waals surface area (Å²) in [7, 11) is 1.29. The van der Waals surface area contributed by atoms with Crippen LogP contribution in [0.2, 0.25) is 0 Å². The van der Waals surface area contributed by atoms with Crippen molar-refractivity contribution in [2.45, 2.75) is 38.5 Å². The third-order valence-corrected chi connectivity index (χ3v) is 5.59. The summed E-state index contributed by atoms with van der Waals surface area (Å²) in [5.41, 5.74) is 6.75. The molecule has 1 aliphatic carbocycles. The van der Waals surface area contributed by atoms with Crippen LogP contribution in [0.25, 0.3) is 10.9 Å². The number of aromatic amines is 1. The van der Waals surface area contributed by atoms with Crippen LogP contribution in [0.15, 0.2) is 41.3 Å². The lowest BCUT2D eigenvalue weighted by molar-refractivity contribution is 0.0997. The van der Waals surface area contributed by atoms with Crippen LogP contribution in [0, 0.1) is 17.6 Å². The molecule has 0 bridgehead atoms. The molecule has 2 heterocycles. The maximum Gasteiger partial charge on any atom is 0.268 e. The van der Waals surface area contributed by atoms with Crippen LogP contribution in [0.1, 0.15) is 54.7 Å². The summed E-state index contributed by atoms with van der Waals surface area (Å²) in [6.45, 7) is 2.27. The van der Waals surface area contributed by atoms with Crippen LogP contribution in [-0.2, 0) is 0 Å². The highest BCUT2D eigenvalue weighted by Crippen LogP contribution is 2.34. The Bertz CT molecular complexity index is 1140. The molecule has 0 aliphatic heterocycles. The van der Waals surface area contributed by atoms with Gasteiger partial charge in [-0.15, -0.1) is 0 Å². The largest absolute Gasteiger partial charge is 0.494 e. The fourth-order valence-electron chi connectivity index (χ4n) is 3.84. The SMILES string of the molecule is CC1CCC(c2cc(=O)c3c(C(N)=O)nccc3[nH]2)CC1.COc1cccc(F)c1F. The molecule has 1 amide bonds. The van der Waals surface area contributed by atoms with Crippen molar-refractivity contribution in [3.8, 4) is 5.75 Å². The van der Waals surface area contributed by atoms with E-state index < -0.39 is 17.5 Å². The van der Waals surface area contributed by atoms with Gasteiger partial charge in [-0.3, -0.25) is 14.6 Å². The molecule has 2 aromatic heterocycles. The van der Waals surface area contributed by atoms with Gasteiger partial charge >= 0.3 is 0 Å². The highest BCUT2D eigenvalue weighted by atomic mass is 19.2. The standard InChI is InChI=1S/C16H19N3O2.C7H6F2O/c1-9-2-4-10(5-3-9)12-8-13(20)14-11(19-12)6-7-18-15(14)16(17)21;1-10-6-4-2-3-5(8)7(6)9/h6-10H,2-5H2,1H3,(H2,17,21)(H,19,20);2-4H,1H3. The minimum Gasteiger partial charge on any atom is -0.494 e. The van der Waals surface area contributed by atoms with Gasteiger partial charge in [0.1, 0.15) is 5.69 Å². The number of nitrogens with zero attached hydrogens (tertiary/aromatic N) is 1. The van der Waals surface area contributed by atoms with E-state index in [1.54, 1.807) is 12.1 Å². The van der Waals surface area contributed by atoms with Gasteiger partial charge in [-0.25, -0.2) is 4.39 Å². The van der Waals surface area contributed by atoms with Crippen molar-refractivity contribution in [3.63, 3.8) is 0 Å². The summed E-state index contributed by atoms with van der Waals surface area (Å²) in [5, 5.41) is 0.290. The first-order valence-electron chi connectivity index (χ1n) is 10.1. The number of carbonyl (C=O) groups is 1. The average Bonchev–Trinajstić information content (AvgIpc) is 2.76. The second-order valence-electron chi connectivity index (χ2n) is 7.75. The molecule has 0 spiro atoms. The van der Waals surface area contributed by atoms with E-state index in [1.807, 2.05) is 0 Å². The number of ether oxygens (including phenoxy) is 1. The summed E-state index contributed by atoms with van der Waals surface area (Å²) in [5.74, 6) is -1.42. The Kier molecular flexibility index (Phi) is 6.99. The third kappa shape index (κ3) is 5.07. The number of amides is 1. The highest BCUT2D eigenvalue weighted by Gasteiger charge is 2.22. The van der Waals surface area contributed by atoms with E-state index in [0.717, 1.165) is 30.5 Å². The second-order valence-corrected chi connectivity index (χ2v) is 7.75. The van der Waals surface area contributed by atoms with Crippen LogP contribution in [0.3, 0.4) is 0 Å². The van der Waals surface area contributed by atoms with Crippen LogP contribution in [0.5, 0.6) is 5.75 Å². The molecule has 6 nitrogen and oxygen atoms in total. The van der Waals surface area contributed by atoms with Crippen LogP contribution in [0.4, 0.5) is 8.78 Å². The first kappa shape index (κ1) is 22.4. The molecule has 4 rings (SSSR count). The van der Waals surface area contributed by atoms with E-state index in [9.17, 15) is 18.4 Å². The number of methoxy groups -OCH3 is 1. The second kappa shape index (κ2) is 9.68. The number of rotatable bonds is 3. The number of halogens is 2. The summed E-state index contributed by atoms with van der Waals surface area (Å²) < 4.78 is 29.3. The van der Waals surface area contributed by atoms with Crippen molar-refractivity contribution in [1.82, 2.24) is 9.97 Å². The molecule has 0 unspecified atom stereocenters. The van der Waals surface area contributed by atoms with E-state index in [1.165, 1.54) is 38.3 Å². The zero-order valence-electron chi connectivity index (χ0n) is 17.5. The van der Waals surface area contributed by atoms with E-state index in [4.69, 9.17) is 5.73 Å². The zero-order valence-corrected chi connectivity index (χ0v) is 17.5. The molecule has 8 heteroatoms. The maximum absolute atomic E-state index is 12.5. The van der Waals surface area contributed by atoms with E-state index >= 15 is 0 Å². The molecule has 3 aromatic rings. The predicted octanol–water partition coefficient (Wildman–Crippen LogP) is 4.29. The van der Waals surface area contributed by atoms with E-state index in [0.29, 0.717) is 11.4 Å². The predicted molar refractivity (Wildman–Crippen MR) is 114 cm³/mol. The van der Waals surface area contributed by atoms with Gasteiger partial charge in [0.05, 0.1) is 18.0 Å². The number of hydrogen-bond acceptors (Lipinski definition) is 4. The number of nitrogens with one attached hydrogen (secondary N) is 1. The van der Waals surface area contributed by atoms with Gasteiger partial charge in [0.25, 0.3) is 5.91 Å². The molecule has 31 heavy (non-hydrogen) atoms. The van der Waals surface area contributed by atoms with Gasteiger partial charge in [0.15, 0.2) is 17.0 Å². The first-order valence-corrected chi connectivity index (χ1v) is 10.1. The van der Waals surface area contributed by atoms with Gasteiger partial charge in [-0.1, -0.05) is 25.8 Å². The summed E-state index contributed by atoms with van der Waals surface area (Å²) in [4.78, 5) is 31.0. The number of hydrogen-bond donors (Lipinski definition) is 2. The normalized spacial score (nSPS) is 18.2. The van der Waals surface area contributed by atoms with Gasteiger partial charge in [0.2, 0.25) is 5.82 Å². The number of H-pyrrole nitrogens is 1. The lowest BCUT2D eigenvalue weighted by Gasteiger charge is -2.26. The van der Waals surface area contributed by atoms with Crippen molar-refractivity contribution in [3.05, 3.63) is 69.8 Å². The van der Waals surface area contributed by atoms with Gasteiger partial charge in [0, 0.05) is 18.0 Å². The summed E-state index contributed by atoms with van der Waals surface area (Å²) >= 11 is 0. The van der Waals surface area contributed by atoms with E-state index in [2.05, 4.69) is 21.6 Å². The molecular weight excluding hydrogens is 404 g/mol. The Morgan fingerprint density at radius 2 is 1.90 bits per heavy atom. The minimum atomic E-state index is -0.940. The molecule has 1 fully saturated rings. The van der Waals surface area contributed by atoms with Crippen molar-refractivity contribution < 1.29 is 18.3 Å². The number of aromatic nitrogens is 2. The smallest absolute Gasteiger partial charge is 0.268 e. The molecule has 1 aromatic carbocycles. The number of fused-ring (bicyclic) bond motifs is 1. The van der Waals surface area contributed by atoms with Crippen molar-refractivity contribution in [2.75, 3.05) is 7.11 Å². The molecule has 1 saturated carbocycles. The number of benzene rings is 1. The average molecular weight is 429 g/mol. The maximum atomic E-state index is 12.5. The number of nitrogens with two attached hydrogens (primary N) is 1. The van der Waals surface area contributed by atoms with Crippen molar-refractivity contribution >= 4 is 16.8 Å². The zero-order chi connectivity index (χ0) is 22.5. The highest BCUT2D eigenvalue weighted by molar-refractivity contribution is 6.03. The fourth-order valence-corrected chi connectivity index (χ4v) is 3.84. The number of carbonyl (C=O) groups excluding carboxylic acids is 1. The van der Waals surface area contributed by atoms with Gasteiger partial charge in [-0.2, -0.15) is 4.39 Å². The minimum absolute atomic E-state index is 0.0394. The Morgan fingerprint density at radius 1 is 1.19 bits per heavy atom. The molecule has 164 valence electrons. The monoisotopic (exact) mass is 429 g/mol. The summed E-state index contributed by atoms with van der Waals surface area (Å²) in [6.07, 6.45) is 6.07. The van der Waals surface area contributed by atoms with Crippen LogP contribution < -0.4 is 15.9 Å². The Morgan fingerprint density at radius 3 is 2.52 bits per heavy atom. The molecule has 0 atom stereocenters. The van der Waals surface area contributed by atoms with E-state index in [-0.39, 0.29) is 22.3 Å². The van der Waals surface area contributed by atoms with Gasteiger partial charge in [-0.05, 0) is 42.9 Å². The lowest BCUT2D eigenvalue weighted by Crippen LogP contribution is -2.19. The van der Waals surface area contributed by atoms with Crippen molar-refractivity contribution in [1.29, 1.82) is 0 Å². The van der Waals surface area contributed by atoms with Crippen LogP contribution >= 0.6 is 0 Å². The number of primary amides is 1. The topological polar surface area (TPSA) is 98.1 Å². The Labute approximate surface area is 178 Å².